The maximum Gasteiger partial charge on any atom is 0.223 e. The quantitative estimate of drug-likeness (QED) is 0.769. The Bertz CT molecular complexity index is 753. The first-order valence-electron chi connectivity index (χ1n) is 8.76. The molecule has 1 aromatic carbocycles. The summed E-state index contributed by atoms with van der Waals surface area (Å²) in [6, 6.07) is 10.8. The van der Waals surface area contributed by atoms with Gasteiger partial charge in [0.25, 0.3) is 0 Å². The molecule has 7 heteroatoms. The first-order chi connectivity index (χ1) is 12.7. The van der Waals surface area contributed by atoms with Crippen molar-refractivity contribution in [1.29, 1.82) is 0 Å². The molecule has 1 unspecified atom stereocenters. The summed E-state index contributed by atoms with van der Waals surface area (Å²) in [6.45, 7) is 2.09. The normalized spacial score (nSPS) is 16.3. The lowest BCUT2D eigenvalue weighted by molar-refractivity contribution is -0.134. The van der Waals surface area contributed by atoms with Crippen molar-refractivity contribution >= 4 is 24.1 Å². The third kappa shape index (κ3) is 5.28. The predicted molar refractivity (Wildman–Crippen MR) is 105 cm³/mol. The molecule has 144 valence electrons. The lowest BCUT2D eigenvalue weighted by atomic mass is 10.0. The molecule has 1 atom stereocenters. The van der Waals surface area contributed by atoms with Gasteiger partial charge < -0.3 is 15.0 Å². The van der Waals surface area contributed by atoms with Crippen LogP contribution in [-0.2, 0) is 4.79 Å². The van der Waals surface area contributed by atoms with Gasteiger partial charge in [-0.1, -0.05) is 6.07 Å². The van der Waals surface area contributed by atoms with E-state index in [0.29, 0.717) is 24.4 Å². The number of piperazine rings is 1. The van der Waals surface area contributed by atoms with Crippen LogP contribution in [0.4, 0.5) is 0 Å². The zero-order chi connectivity index (χ0) is 18.4. The average molecular weight is 390 g/mol. The van der Waals surface area contributed by atoms with Crippen LogP contribution in [0.15, 0.2) is 48.8 Å². The van der Waals surface area contributed by atoms with Gasteiger partial charge in [0.05, 0.1) is 13.2 Å². The Morgan fingerprint density at radius 3 is 2.67 bits per heavy atom. The van der Waals surface area contributed by atoms with Gasteiger partial charge in [-0.3, -0.25) is 14.6 Å². The van der Waals surface area contributed by atoms with Gasteiger partial charge in [-0.15, -0.1) is 12.4 Å². The molecule has 6 nitrogen and oxygen atoms in total. The molecule has 27 heavy (non-hydrogen) atoms. The van der Waals surface area contributed by atoms with Gasteiger partial charge in [0.1, 0.15) is 5.75 Å². The number of pyridine rings is 1. The summed E-state index contributed by atoms with van der Waals surface area (Å²) in [5, 5.41) is 3.32. The summed E-state index contributed by atoms with van der Waals surface area (Å²) in [5.74, 6) is 0.675. The number of amides is 1. The number of aromatic nitrogens is 1. The van der Waals surface area contributed by atoms with E-state index in [1.165, 1.54) is 0 Å². The SMILES string of the molecule is COc1ccc(C(=O)CCC(=O)N2CCNCC2c2cccnc2)cc1.Cl. The number of halogens is 1. The van der Waals surface area contributed by atoms with E-state index in [-0.39, 0.29) is 43.0 Å². The fourth-order valence-electron chi connectivity index (χ4n) is 3.16. The Morgan fingerprint density at radius 1 is 1.22 bits per heavy atom. The number of nitrogens with zero attached hydrogens (tertiary/aromatic N) is 2. The molecular formula is C20H24ClN3O3. The summed E-state index contributed by atoms with van der Waals surface area (Å²) < 4.78 is 5.10. The van der Waals surface area contributed by atoms with E-state index in [4.69, 9.17) is 4.74 Å². The van der Waals surface area contributed by atoms with Gasteiger partial charge in [0.2, 0.25) is 5.91 Å². The Labute approximate surface area is 165 Å². The fraction of sp³-hybridized carbons (Fsp3) is 0.350. The van der Waals surface area contributed by atoms with Crippen LogP contribution in [0.5, 0.6) is 5.75 Å². The lowest BCUT2D eigenvalue weighted by Gasteiger charge is -2.36. The van der Waals surface area contributed by atoms with Gasteiger partial charge in [-0.25, -0.2) is 0 Å². The van der Waals surface area contributed by atoms with Crippen LogP contribution in [-0.4, -0.2) is 48.3 Å². The van der Waals surface area contributed by atoms with Crippen molar-refractivity contribution in [1.82, 2.24) is 15.2 Å². The van der Waals surface area contributed by atoms with E-state index in [0.717, 1.165) is 12.1 Å². The Hall–Kier alpha value is -2.44. The van der Waals surface area contributed by atoms with Crippen molar-refractivity contribution in [2.24, 2.45) is 0 Å². The van der Waals surface area contributed by atoms with Crippen LogP contribution in [0.2, 0.25) is 0 Å². The zero-order valence-electron chi connectivity index (χ0n) is 15.3. The number of ether oxygens (including phenoxy) is 1. The molecule has 0 saturated carbocycles. The van der Waals surface area contributed by atoms with Crippen molar-refractivity contribution in [3.8, 4) is 5.75 Å². The van der Waals surface area contributed by atoms with E-state index >= 15 is 0 Å². The fourth-order valence-corrected chi connectivity index (χ4v) is 3.16. The number of carbonyl (C=O) groups is 2. The standard InChI is InChI=1S/C20H23N3O3.ClH/c1-26-17-6-4-15(5-7-17)19(24)8-9-20(25)23-12-11-22-14-18(23)16-3-2-10-21-13-16;/h2-7,10,13,18,22H,8-9,11-12,14H2,1H3;1H. The highest BCUT2D eigenvalue weighted by atomic mass is 35.5. The molecule has 1 aliphatic rings. The number of nitrogens with one attached hydrogen (secondary N) is 1. The summed E-state index contributed by atoms with van der Waals surface area (Å²) in [5.41, 5.74) is 1.61. The highest BCUT2D eigenvalue weighted by molar-refractivity contribution is 5.98. The first-order valence-corrected chi connectivity index (χ1v) is 8.76. The van der Waals surface area contributed by atoms with Gasteiger partial charge in [-0.2, -0.15) is 0 Å². The second-order valence-corrected chi connectivity index (χ2v) is 6.25. The summed E-state index contributed by atoms with van der Waals surface area (Å²) >= 11 is 0. The van der Waals surface area contributed by atoms with Crippen LogP contribution in [0.1, 0.15) is 34.8 Å². The van der Waals surface area contributed by atoms with Crippen molar-refractivity contribution in [2.75, 3.05) is 26.7 Å². The van der Waals surface area contributed by atoms with Gasteiger partial charge in [0.15, 0.2) is 5.78 Å². The second kappa shape index (κ2) is 10.0. The van der Waals surface area contributed by atoms with E-state index in [2.05, 4.69) is 10.3 Å². The minimum absolute atomic E-state index is 0. The third-order valence-electron chi connectivity index (χ3n) is 4.61. The zero-order valence-corrected chi connectivity index (χ0v) is 16.1. The van der Waals surface area contributed by atoms with Crippen molar-refractivity contribution in [3.63, 3.8) is 0 Å². The molecular weight excluding hydrogens is 366 g/mol. The number of hydrogen-bond acceptors (Lipinski definition) is 5. The molecule has 3 rings (SSSR count). The van der Waals surface area contributed by atoms with Gasteiger partial charge in [0, 0.05) is 50.4 Å². The minimum Gasteiger partial charge on any atom is -0.497 e. The number of ketones is 1. The highest BCUT2D eigenvalue weighted by Crippen LogP contribution is 2.23. The van der Waals surface area contributed by atoms with Crippen LogP contribution >= 0.6 is 12.4 Å². The molecule has 1 fully saturated rings. The maximum atomic E-state index is 12.7. The molecule has 2 aromatic rings. The molecule has 0 radical (unpaired) electrons. The van der Waals surface area contributed by atoms with Crippen LogP contribution in [0.3, 0.4) is 0 Å². The van der Waals surface area contributed by atoms with Gasteiger partial charge in [-0.05, 0) is 35.9 Å². The Kier molecular flexibility index (Phi) is 7.76. The molecule has 1 aliphatic heterocycles. The molecule has 0 spiro atoms. The predicted octanol–water partition coefficient (Wildman–Crippen LogP) is 2.65. The van der Waals surface area contributed by atoms with E-state index in [1.807, 2.05) is 17.0 Å². The topological polar surface area (TPSA) is 71.5 Å². The second-order valence-electron chi connectivity index (χ2n) is 6.25. The molecule has 1 aromatic heterocycles. The highest BCUT2D eigenvalue weighted by Gasteiger charge is 2.28. The molecule has 2 heterocycles. The maximum absolute atomic E-state index is 12.7. The van der Waals surface area contributed by atoms with Gasteiger partial charge >= 0.3 is 0 Å². The van der Waals surface area contributed by atoms with Crippen LogP contribution in [0, 0.1) is 0 Å². The molecule has 0 aliphatic carbocycles. The monoisotopic (exact) mass is 389 g/mol. The number of rotatable bonds is 6. The third-order valence-corrected chi connectivity index (χ3v) is 4.61. The number of benzene rings is 1. The van der Waals surface area contributed by atoms with Crippen LogP contribution < -0.4 is 10.1 Å². The molecule has 1 N–H and O–H groups in total. The number of Topliss-reactive ketones (excluding diaryl/α,β-unsaturated/α-hetero) is 1. The van der Waals surface area contributed by atoms with E-state index < -0.39 is 0 Å². The summed E-state index contributed by atoms with van der Waals surface area (Å²) in [4.78, 5) is 31.1. The molecule has 0 bridgehead atoms. The van der Waals surface area contributed by atoms with E-state index in [1.54, 1.807) is 43.8 Å². The van der Waals surface area contributed by atoms with Crippen molar-refractivity contribution in [2.45, 2.75) is 18.9 Å². The summed E-state index contributed by atoms with van der Waals surface area (Å²) in [6.07, 6.45) is 3.93. The molecule has 1 amide bonds. The summed E-state index contributed by atoms with van der Waals surface area (Å²) in [7, 11) is 1.58. The minimum atomic E-state index is -0.0407. The first kappa shape index (κ1) is 20.9. The van der Waals surface area contributed by atoms with Crippen LogP contribution in [0.25, 0.3) is 0 Å². The number of methoxy groups -OCH3 is 1. The Balaban J connectivity index is 0.00000261. The molecule has 1 saturated heterocycles. The average Bonchev–Trinajstić information content (AvgIpc) is 2.72. The van der Waals surface area contributed by atoms with Crippen molar-refractivity contribution in [3.05, 3.63) is 59.9 Å². The Morgan fingerprint density at radius 2 is 2.00 bits per heavy atom. The number of hydrogen-bond donors (Lipinski definition) is 1. The smallest absolute Gasteiger partial charge is 0.223 e. The largest absolute Gasteiger partial charge is 0.497 e. The lowest BCUT2D eigenvalue weighted by Crippen LogP contribution is -2.48. The van der Waals surface area contributed by atoms with Crippen molar-refractivity contribution < 1.29 is 14.3 Å². The number of carbonyl (C=O) groups excluding carboxylic acids is 2. The van der Waals surface area contributed by atoms with E-state index in [9.17, 15) is 9.59 Å².